The Morgan fingerprint density at radius 2 is 2.21 bits per heavy atom. The molecule has 4 atom stereocenters. The van der Waals surface area contributed by atoms with E-state index in [0.29, 0.717) is 0 Å². The molecule has 2 aromatic heterocycles. The highest BCUT2D eigenvalue weighted by Crippen LogP contribution is 2.38. The van der Waals surface area contributed by atoms with Gasteiger partial charge in [-0.2, -0.15) is 0 Å². The molecule has 1 saturated heterocycles. The Bertz CT molecular complexity index is 678. The van der Waals surface area contributed by atoms with Crippen molar-refractivity contribution in [1.82, 2.24) is 19.5 Å². The third-order valence-electron chi connectivity index (χ3n) is 3.26. The molecule has 3 rings (SSSR count). The number of ether oxygens (including phenoxy) is 1. The van der Waals surface area contributed by atoms with Crippen LogP contribution in [0.3, 0.4) is 0 Å². The number of hydrogen-bond acceptors (Lipinski definition) is 7. The zero-order valence-electron chi connectivity index (χ0n) is 9.89. The highest BCUT2D eigenvalue weighted by atomic mass is 16.7. The number of aliphatic hydroxyl groups is 3. The number of aromatic amines is 1. The number of hydrogen-bond donors (Lipinski definition) is 4. The van der Waals surface area contributed by atoms with Crippen molar-refractivity contribution in [3.8, 4) is 0 Å². The van der Waals surface area contributed by atoms with Crippen LogP contribution in [0.15, 0.2) is 17.4 Å². The van der Waals surface area contributed by atoms with E-state index in [1.165, 1.54) is 24.1 Å². The van der Waals surface area contributed by atoms with Crippen molar-refractivity contribution in [2.45, 2.75) is 31.1 Å². The number of nitrogens with zero attached hydrogens (tertiary/aromatic N) is 3. The van der Waals surface area contributed by atoms with Gasteiger partial charge in [0.05, 0.1) is 12.7 Å². The van der Waals surface area contributed by atoms with Crippen LogP contribution in [0.4, 0.5) is 0 Å². The van der Waals surface area contributed by atoms with Gasteiger partial charge in [-0.1, -0.05) is 0 Å². The van der Waals surface area contributed by atoms with E-state index in [1.807, 2.05) is 0 Å². The molecule has 2 aromatic rings. The molecule has 102 valence electrons. The molecule has 1 aliphatic heterocycles. The predicted octanol–water partition coefficient (Wildman–Crippen LogP) is -1.92. The smallest absolute Gasteiger partial charge is 0.278 e. The van der Waals surface area contributed by atoms with Crippen molar-refractivity contribution >= 4 is 11.2 Å². The molecular weight excluding hydrogens is 256 g/mol. The molecule has 0 aliphatic carbocycles. The lowest BCUT2D eigenvalue weighted by Crippen LogP contribution is -2.43. The minimum absolute atomic E-state index is 0.0813. The summed E-state index contributed by atoms with van der Waals surface area (Å²) in [5.41, 5.74) is -1.90. The van der Waals surface area contributed by atoms with Crippen molar-refractivity contribution in [2.24, 2.45) is 0 Å². The summed E-state index contributed by atoms with van der Waals surface area (Å²) >= 11 is 0. The Morgan fingerprint density at radius 1 is 1.47 bits per heavy atom. The van der Waals surface area contributed by atoms with E-state index in [-0.39, 0.29) is 11.2 Å². The van der Waals surface area contributed by atoms with Crippen LogP contribution in [0.5, 0.6) is 0 Å². The maximum atomic E-state index is 11.5. The zero-order valence-corrected chi connectivity index (χ0v) is 9.89. The first-order valence-electron chi connectivity index (χ1n) is 5.57. The largest absolute Gasteiger partial charge is 0.385 e. The fraction of sp³-hybridized carbons (Fsp3) is 0.500. The van der Waals surface area contributed by atoms with Gasteiger partial charge in [0.2, 0.25) is 0 Å². The SMILES string of the molecule is C[C@@]1(O)[C@H](O)[C@@H](O)O[C@H]1n1cnc2c(=O)[nH]cnc21. The fourth-order valence-electron chi connectivity index (χ4n) is 2.16. The average molecular weight is 268 g/mol. The van der Waals surface area contributed by atoms with Crippen LogP contribution in [-0.2, 0) is 4.74 Å². The Labute approximate surface area is 106 Å². The van der Waals surface area contributed by atoms with E-state index >= 15 is 0 Å². The van der Waals surface area contributed by atoms with E-state index in [9.17, 15) is 20.1 Å². The van der Waals surface area contributed by atoms with Crippen LogP contribution in [0.25, 0.3) is 11.2 Å². The number of fused-ring (bicyclic) bond motifs is 1. The second kappa shape index (κ2) is 3.84. The molecule has 0 spiro atoms. The van der Waals surface area contributed by atoms with Crippen LogP contribution in [0.2, 0.25) is 0 Å². The van der Waals surface area contributed by atoms with Crippen LogP contribution >= 0.6 is 0 Å². The van der Waals surface area contributed by atoms with E-state index in [2.05, 4.69) is 15.0 Å². The van der Waals surface area contributed by atoms with Gasteiger partial charge < -0.3 is 25.0 Å². The second-order valence-electron chi connectivity index (χ2n) is 4.61. The normalized spacial score (nSPS) is 35.1. The fourth-order valence-corrected chi connectivity index (χ4v) is 2.16. The topological polar surface area (TPSA) is 133 Å². The summed E-state index contributed by atoms with van der Waals surface area (Å²) in [5.74, 6) is 0. The quantitative estimate of drug-likeness (QED) is 0.473. The lowest BCUT2D eigenvalue weighted by atomic mass is 9.99. The summed E-state index contributed by atoms with van der Waals surface area (Å²) in [6, 6.07) is 0. The monoisotopic (exact) mass is 268 g/mol. The lowest BCUT2D eigenvalue weighted by molar-refractivity contribution is -0.141. The molecule has 1 aliphatic rings. The second-order valence-corrected chi connectivity index (χ2v) is 4.61. The van der Waals surface area contributed by atoms with Crippen LogP contribution < -0.4 is 5.56 Å². The van der Waals surface area contributed by atoms with E-state index in [1.54, 1.807) is 0 Å². The van der Waals surface area contributed by atoms with E-state index < -0.39 is 29.8 Å². The zero-order chi connectivity index (χ0) is 13.8. The summed E-state index contributed by atoms with van der Waals surface area (Å²) in [4.78, 5) is 21.7. The highest BCUT2D eigenvalue weighted by Gasteiger charge is 2.53. The van der Waals surface area contributed by atoms with Crippen molar-refractivity contribution in [1.29, 1.82) is 0 Å². The van der Waals surface area contributed by atoms with Crippen LogP contribution in [0.1, 0.15) is 13.2 Å². The minimum Gasteiger partial charge on any atom is -0.385 e. The van der Waals surface area contributed by atoms with Gasteiger partial charge in [-0.15, -0.1) is 0 Å². The minimum atomic E-state index is -1.74. The molecule has 0 bridgehead atoms. The number of aliphatic hydroxyl groups excluding tert-OH is 2. The number of nitrogens with one attached hydrogen (secondary N) is 1. The van der Waals surface area contributed by atoms with Crippen molar-refractivity contribution in [2.75, 3.05) is 0 Å². The van der Waals surface area contributed by atoms with E-state index in [4.69, 9.17) is 4.74 Å². The first-order chi connectivity index (χ1) is 8.93. The van der Waals surface area contributed by atoms with Crippen molar-refractivity contribution < 1.29 is 20.1 Å². The number of imidazole rings is 1. The highest BCUT2D eigenvalue weighted by molar-refractivity contribution is 5.68. The van der Waals surface area contributed by atoms with Gasteiger partial charge in [-0.25, -0.2) is 9.97 Å². The van der Waals surface area contributed by atoms with Gasteiger partial charge in [0, 0.05) is 0 Å². The van der Waals surface area contributed by atoms with Gasteiger partial charge in [0.25, 0.3) is 5.56 Å². The third-order valence-corrected chi connectivity index (χ3v) is 3.26. The third kappa shape index (κ3) is 1.60. The first kappa shape index (κ1) is 12.2. The van der Waals surface area contributed by atoms with Crippen molar-refractivity contribution in [3.05, 3.63) is 23.0 Å². The first-order valence-corrected chi connectivity index (χ1v) is 5.57. The molecule has 1 fully saturated rings. The Morgan fingerprint density at radius 3 is 2.84 bits per heavy atom. The maximum absolute atomic E-state index is 11.5. The van der Waals surface area contributed by atoms with Gasteiger partial charge in [0.1, 0.15) is 11.7 Å². The molecule has 19 heavy (non-hydrogen) atoms. The molecule has 9 heteroatoms. The molecule has 3 heterocycles. The van der Waals surface area contributed by atoms with E-state index in [0.717, 1.165) is 0 Å². The molecule has 0 radical (unpaired) electrons. The molecule has 0 saturated carbocycles. The summed E-state index contributed by atoms with van der Waals surface area (Å²) in [6.45, 7) is 1.32. The number of aromatic nitrogens is 4. The molecule has 4 N–H and O–H groups in total. The van der Waals surface area contributed by atoms with Crippen LogP contribution in [-0.4, -0.2) is 52.8 Å². The number of rotatable bonds is 1. The van der Waals surface area contributed by atoms with Gasteiger partial charge in [-0.05, 0) is 6.92 Å². The lowest BCUT2D eigenvalue weighted by Gasteiger charge is -2.26. The van der Waals surface area contributed by atoms with Gasteiger partial charge >= 0.3 is 0 Å². The van der Waals surface area contributed by atoms with Crippen molar-refractivity contribution in [3.63, 3.8) is 0 Å². The number of H-pyrrole nitrogens is 1. The van der Waals surface area contributed by atoms with Gasteiger partial charge in [0.15, 0.2) is 23.7 Å². The maximum Gasteiger partial charge on any atom is 0.278 e. The molecule has 0 amide bonds. The molecule has 9 nitrogen and oxygen atoms in total. The standard InChI is InChI=1S/C10H12N4O5/c1-10(18)5(15)8(17)19-9(10)14-3-13-4-6(14)11-2-12-7(4)16/h2-3,5,8-9,15,17-18H,1H3,(H,11,12,16)/t5-,8+,9-,10-/m1/s1. The summed E-state index contributed by atoms with van der Waals surface area (Å²) in [6.07, 6.45) is -1.65. The predicted molar refractivity (Wildman–Crippen MR) is 60.9 cm³/mol. The Balaban J connectivity index is 2.16. The molecule has 0 aromatic carbocycles. The van der Waals surface area contributed by atoms with Gasteiger partial charge in [-0.3, -0.25) is 9.36 Å². The summed E-state index contributed by atoms with van der Waals surface area (Å²) in [5, 5.41) is 29.3. The van der Waals surface area contributed by atoms with Crippen LogP contribution in [0, 0.1) is 0 Å². The molecular formula is C10H12N4O5. The summed E-state index contributed by atoms with van der Waals surface area (Å²) < 4.78 is 6.40. The Kier molecular flexibility index (Phi) is 2.47. The molecule has 0 unspecified atom stereocenters. The average Bonchev–Trinajstić information content (AvgIpc) is 2.86. The Hall–Kier alpha value is -1.81. The summed E-state index contributed by atoms with van der Waals surface area (Å²) in [7, 11) is 0.